The zero-order chi connectivity index (χ0) is 29.9. The summed E-state index contributed by atoms with van der Waals surface area (Å²) in [5.74, 6) is -7.23. The van der Waals surface area contributed by atoms with Crippen LogP contribution in [0.4, 0.5) is 5.69 Å². The summed E-state index contributed by atoms with van der Waals surface area (Å²) in [5, 5.41) is 46.8. The van der Waals surface area contributed by atoms with Crippen molar-refractivity contribution >= 4 is 41.4 Å². The van der Waals surface area contributed by atoms with Gasteiger partial charge in [0.2, 0.25) is 5.91 Å². The summed E-state index contributed by atoms with van der Waals surface area (Å²) >= 11 is 0. The molecule has 0 saturated heterocycles. The summed E-state index contributed by atoms with van der Waals surface area (Å²) in [7, 11) is 0. The first-order valence-electron chi connectivity index (χ1n) is 11.8. The molecule has 1 aromatic carbocycles. The Kier molecular flexibility index (Phi) is 12.3. The molecule has 0 bridgehead atoms. The van der Waals surface area contributed by atoms with Gasteiger partial charge in [-0.05, 0) is 31.5 Å². The van der Waals surface area contributed by atoms with Gasteiger partial charge in [0.1, 0.15) is 12.6 Å². The number of aliphatic carboxylic acids is 5. The third kappa shape index (κ3) is 11.0. The van der Waals surface area contributed by atoms with Gasteiger partial charge >= 0.3 is 29.8 Å². The number of carboxylic acid groups (broad SMARTS) is 5. The molecule has 15 heteroatoms. The van der Waals surface area contributed by atoms with E-state index in [1.54, 1.807) is 24.3 Å². The minimum atomic E-state index is -1.54. The van der Waals surface area contributed by atoms with Crippen LogP contribution in [-0.4, -0.2) is 123 Å². The molecule has 0 aromatic heterocycles. The lowest BCUT2D eigenvalue weighted by molar-refractivity contribution is -0.149. The van der Waals surface area contributed by atoms with Gasteiger partial charge in [0.25, 0.3) is 0 Å². The van der Waals surface area contributed by atoms with Crippen molar-refractivity contribution in [3.05, 3.63) is 29.8 Å². The summed E-state index contributed by atoms with van der Waals surface area (Å²) in [6, 6.07) is 4.69. The molecule has 0 aliphatic rings. The summed E-state index contributed by atoms with van der Waals surface area (Å²) in [5.41, 5.74) is 4.85. The maximum atomic E-state index is 11.6. The van der Waals surface area contributed by atoms with Gasteiger partial charge in [-0.1, -0.05) is 12.1 Å². The lowest BCUT2D eigenvalue weighted by atomic mass is 9.85. The van der Waals surface area contributed by atoms with Crippen LogP contribution in [0.1, 0.15) is 25.8 Å². The van der Waals surface area contributed by atoms with Crippen molar-refractivity contribution in [3.63, 3.8) is 0 Å². The van der Waals surface area contributed by atoms with Gasteiger partial charge < -0.3 is 36.2 Å². The van der Waals surface area contributed by atoms with Crippen LogP contribution in [-0.2, 0) is 34.2 Å². The molecule has 15 nitrogen and oxygen atoms in total. The van der Waals surface area contributed by atoms with E-state index in [0.717, 1.165) is 4.90 Å². The molecule has 0 spiro atoms. The molecule has 216 valence electrons. The molecule has 0 saturated carbocycles. The lowest BCUT2D eigenvalue weighted by Gasteiger charge is -2.31. The van der Waals surface area contributed by atoms with Crippen LogP contribution in [0.3, 0.4) is 0 Å². The number of carbonyl (C=O) groups excluding carboxylic acids is 1. The highest BCUT2D eigenvalue weighted by Gasteiger charge is 2.30. The van der Waals surface area contributed by atoms with Crippen LogP contribution < -0.4 is 10.6 Å². The van der Waals surface area contributed by atoms with Crippen LogP contribution in [0.15, 0.2) is 24.3 Å². The standard InChI is InChI=1S/C24H34N4O11/c1-24(2,23(38)39)15-3-5-16(6-4-15)27(13-20(32)33)9-7-26(12-19(30)31)8-10-28(14-21(34)35)17(22(36)37)11-18(25)29/h3-6,17H,7-14H2,1-2H3,(H2,25,29)(H,30,31)(H,32,33)(H,34,35)(H,36,37)(H,38,39). The highest BCUT2D eigenvalue weighted by atomic mass is 16.4. The Bertz CT molecular complexity index is 1060. The average Bonchev–Trinajstić information content (AvgIpc) is 2.81. The van der Waals surface area contributed by atoms with Gasteiger partial charge in [0.05, 0.1) is 24.9 Å². The fourth-order valence-corrected chi connectivity index (χ4v) is 3.75. The van der Waals surface area contributed by atoms with Crippen molar-refractivity contribution in [1.82, 2.24) is 9.80 Å². The number of amides is 1. The van der Waals surface area contributed by atoms with Gasteiger partial charge in [-0.2, -0.15) is 0 Å². The SMILES string of the molecule is CC(C)(C(=O)O)c1ccc(N(CCN(CCN(CC(=O)O)C(CC(N)=O)C(=O)O)CC(=O)O)CC(=O)O)cc1. The van der Waals surface area contributed by atoms with E-state index in [-0.39, 0.29) is 26.2 Å². The number of benzene rings is 1. The number of rotatable bonds is 19. The molecule has 1 unspecified atom stereocenters. The molecule has 1 atom stereocenters. The predicted molar refractivity (Wildman–Crippen MR) is 135 cm³/mol. The van der Waals surface area contributed by atoms with E-state index in [9.17, 15) is 54.3 Å². The highest BCUT2D eigenvalue weighted by Crippen LogP contribution is 2.26. The number of carboxylic acids is 5. The number of nitrogens with two attached hydrogens (primary N) is 1. The largest absolute Gasteiger partial charge is 0.481 e. The third-order valence-electron chi connectivity index (χ3n) is 6.02. The number of carbonyl (C=O) groups is 6. The van der Waals surface area contributed by atoms with Crippen LogP contribution >= 0.6 is 0 Å². The number of primary amides is 1. The maximum Gasteiger partial charge on any atom is 0.323 e. The van der Waals surface area contributed by atoms with Gasteiger partial charge in [-0.15, -0.1) is 0 Å². The number of nitrogens with zero attached hydrogens (tertiary/aromatic N) is 3. The third-order valence-corrected chi connectivity index (χ3v) is 6.02. The summed E-state index contributed by atoms with van der Waals surface area (Å²) in [6.45, 7) is 1.00. The highest BCUT2D eigenvalue weighted by molar-refractivity contribution is 5.84. The van der Waals surface area contributed by atoms with Crippen molar-refractivity contribution in [2.24, 2.45) is 5.73 Å². The average molecular weight is 555 g/mol. The molecule has 1 rings (SSSR count). The minimum absolute atomic E-state index is 0.00355. The molecule has 0 aliphatic heterocycles. The van der Waals surface area contributed by atoms with E-state index >= 15 is 0 Å². The maximum absolute atomic E-state index is 11.6. The van der Waals surface area contributed by atoms with Crippen molar-refractivity contribution in [3.8, 4) is 0 Å². The minimum Gasteiger partial charge on any atom is -0.481 e. The molecule has 7 N–H and O–H groups in total. The van der Waals surface area contributed by atoms with Gasteiger partial charge in [0.15, 0.2) is 0 Å². The van der Waals surface area contributed by atoms with Gasteiger partial charge in [0, 0.05) is 31.9 Å². The van der Waals surface area contributed by atoms with E-state index in [0.29, 0.717) is 11.3 Å². The Morgan fingerprint density at radius 3 is 1.72 bits per heavy atom. The molecular weight excluding hydrogens is 520 g/mol. The fourth-order valence-electron chi connectivity index (χ4n) is 3.75. The van der Waals surface area contributed by atoms with Crippen LogP contribution in [0.25, 0.3) is 0 Å². The van der Waals surface area contributed by atoms with Crippen molar-refractivity contribution < 1.29 is 54.3 Å². The number of hydrogen-bond acceptors (Lipinski definition) is 9. The molecule has 39 heavy (non-hydrogen) atoms. The van der Waals surface area contributed by atoms with Crippen molar-refractivity contribution in [2.75, 3.05) is 50.7 Å². The van der Waals surface area contributed by atoms with Crippen molar-refractivity contribution in [1.29, 1.82) is 0 Å². The van der Waals surface area contributed by atoms with E-state index in [2.05, 4.69) is 0 Å². The van der Waals surface area contributed by atoms with Crippen LogP contribution in [0, 0.1) is 0 Å². The number of anilines is 1. The Labute approximate surface area is 224 Å². The summed E-state index contributed by atoms with van der Waals surface area (Å²) in [6.07, 6.45) is -0.650. The Morgan fingerprint density at radius 2 is 1.28 bits per heavy atom. The number of hydrogen-bond donors (Lipinski definition) is 6. The summed E-state index contributed by atoms with van der Waals surface area (Å²) < 4.78 is 0. The quantitative estimate of drug-likeness (QED) is 0.121. The van der Waals surface area contributed by atoms with Gasteiger partial charge in [-0.25, -0.2) is 0 Å². The molecule has 0 radical (unpaired) electrons. The summed E-state index contributed by atoms with van der Waals surface area (Å²) in [4.78, 5) is 72.5. The second kappa shape index (κ2) is 14.6. The molecule has 0 aliphatic carbocycles. The van der Waals surface area contributed by atoms with Crippen LogP contribution in [0.5, 0.6) is 0 Å². The second-order valence-electron chi connectivity index (χ2n) is 9.35. The monoisotopic (exact) mass is 554 g/mol. The Hall–Kier alpha value is -4.24. The predicted octanol–water partition coefficient (Wildman–Crippen LogP) is -0.958. The topological polar surface area (TPSA) is 239 Å². The fraction of sp³-hybridized carbons (Fsp3) is 0.500. The smallest absolute Gasteiger partial charge is 0.323 e. The molecule has 0 heterocycles. The first-order chi connectivity index (χ1) is 18.0. The van der Waals surface area contributed by atoms with Gasteiger partial charge in [-0.3, -0.25) is 38.6 Å². The zero-order valence-electron chi connectivity index (χ0n) is 21.6. The molecule has 1 amide bonds. The molecule has 1 aromatic rings. The van der Waals surface area contributed by atoms with E-state index in [1.807, 2.05) is 0 Å². The first-order valence-corrected chi connectivity index (χ1v) is 11.8. The second-order valence-corrected chi connectivity index (χ2v) is 9.35. The first kappa shape index (κ1) is 32.8. The van der Waals surface area contributed by atoms with Crippen LogP contribution in [0.2, 0.25) is 0 Å². The molecule has 0 fully saturated rings. The van der Waals surface area contributed by atoms with E-state index < -0.39 is 73.3 Å². The lowest BCUT2D eigenvalue weighted by Crippen LogP contribution is -2.50. The normalized spacial score (nSPS) is 12.2. The van der Waals surface area contributed by atoms with Crippen molar-refractivity contribution in [2.45, 2.75) is 31.7 Å². The zero-order valence-corrected chi connectivity index (χ0v) is 21.6. The van der Waals surface area contributed by atoms with E-state index in [1.165, 1.54) is 23.6 Å². The Balaban J connectivity index is 3.10. The Morgan fingerprint density at radius 1 is 0.769 bits per heavy atom. The van der Waals surface area contributed by atoms with E-state index in [4.69, 9.17) is 5.73 Å². The molecular formula is C24H34N4O11.